The van der Waals surface area contributed by atoms with Crippen molar-refractivity contribution in [2.24, 2.45) is 0 Å². The lowest BCUT2D eigenvalue weighted by molar-refractivity contribution is -0.131. The molecular formula is C17H15BrFN5O. The van der Waals surface area contributed by atoms with Gasteiger partial charge in [-0.15, -0.1) is 10.2 Å². The van der Waals surface area contributed by atoms with E-state index in [4.69, 9.17) is 0 Å². The highest BCUT2D eigenvalue weighted by molar-refractivity contribution is 9.10. The zero-order valence-electron chi connectivity index (χ0n) is 13.4. The second-order valence-electron chi connectivity index (χ2n) is 5.49. The lowest BCUT2D eigenvalue weighted by Crippen LogP contribution is -2.30. The van der Waals surface area contributed by atoms with Gasteiger partial charge < -0.3 is 4.90 Å². The molecule has 0 saturated heterocycles. The van der Waals surface area contributed by atoms with Gasteiger partial charge in [-0.2, -0.15) is 4.80 Å². The average Bonchev–Trinajstić information content (AvgIpc) is 3.06. The van der Waals surface area contributed by atoms with Gasteiger partial charge >= 0.3 is 0 Å². The van der Waals surface area contributed by atoms with Crippen LogP contribution >= 0.6 is 15.9 Å². The predicted octanol–water partition coefficient (Wildman–Crippen LogP) is 2.90. The van der Waals surface area contributed by atoms with E-state index in [0.717, 1.165) is 10.0 Å². The Labute approximate surface area is 152 Å². The molecule has 8 heteroatoms. The maximum Gasteiger partial charge on any atom is 0.246 e. The summed E-state index contributed by atoms with van der Waals surface area (Å²) in [4.78, 5) is 15.0. The SMILES string of the molecule is CN(Cc1ccccc1F)C(=O)Cn1nnc(-c2ccc(Br)cc2)n1. The van der Waals surface area contributed by atoms with E-state index in [1.807, 2.05) is 24.3 Å². The fraction of sp³-hybridized carbons (Fsp3) is 0.176. The molecule has 3 rings (SSSR count). The lowest BCUT2D eigenvalue weighted by atomic mass is 10.2. The number of hydrogen-bond donors (Lipinski definition) is 0. The maximum atomic E-state index is 13.7. The van der Waals surface area contributed by atoms with Crippen molar-refractivity contribution in [3.05, 3.63) is 64.4 Å². The molecule has 3 aromatic rings. The summed E-state index contributed by atoms with van der Waals surface area (Å²) in [6.45, 7) is 0.119. The van der Waals surface area contributed by atoms with Gasteiger partial charge in [0.15, 0.2) is 0 Å². The molecule has 0 unspecified atom stereocenters. The monoisotopic (exact) mass is 403 g/mol. The van der Waals surface area contributed by atoms with E-state index in [2.05, 4.69) is 31.3 Å². The normalized spacial score (nSPS) is 10.7. The minimum absolute atomic E-state index is 0.0610. The first-order valence-electron chi connectivity index (χ1n) is 7.54. The summed E-state index contributed by atoms with van der Waals surface area (Å²) < 4.78 is 14.6. The molecule has 0 N–H and O–H groups in total. The molecule has 0 aliphatic heterocycles. The maximum absolute atomic E-state index is 13.7. The minimum atomic E-state index is -0.335. The van der Waals surface area contributed by atoms with Crippen molar-refractivity contribution < 1.29 is 9.18 Å². The van der Waals surface area contributed by atoms with Gasteiger partial charge in [-0.25, -0.2) is 4.39 Å². The van der Waals surface area contributed by atoms with Gasteiger partial charge in [0.25, 0.3) is 0 Å². The number of nitrogens with zero attached hydrogens (tertiary/aromatic N) is 5. The van der Waals surface area contributed by atoms with Crippen molar-refractivity contribution >= 4 is 21.8 Å². The Morgan fingerprint density at radius 3 is 2.64 bits per heavy atom. The summed E-state index contributed by atoms with van der Waals surface area (Å²) in [7, 11) is 1.61. The summed E-state index contributed by atoms with van der Waals surface area (Å²) in [5, 5.41) is 12.1. The molecule has 0 fully saturated rings. The van der Waals surface area contributed by atoms with E-state index in [9.17, 15) is 9.18 Å². The van der Waals surface area contributed by atoms with Crippen molar-refractivity contribution in [3.8, 4) is 11.4 Å². The van der Waals surface area contributed by atoms with Crippen molar-refractivity contribution in [1.29, 1.82) is 0 Å². The largest absolute Gasteiger partial charge is 0.340 e. The summed E-state index contributed by atoms with van der Waals surface area (Å²) in [6, 6.07) is 13.8. The van der Waals surface area contributed by atoms with Gasteiger partial charge in [-0.3, -0.25) is 4.79 Å². The van der Waals surface area contributed by atoms with Crippen LogP contribution in [-0.4, -0.2) is 38.1 Å². The van der Waals surface area contributed by atoms with Crippen LogP contribution in [0.15, 0.2) is 53.0 Å². The molecule has 6 nitrogen and oxygen atoms in total. The Morgan fingerprint density at radius 2 is 1.92 bits per heavy atom. The molecule has 25 heavy (non-hydrogen) atoms. The van der Waals surface area contributed by atoms with E-state index in [1.54, 1.807) is 25.2 Å². The summed E-state index contributed by atoms with van der Waals surface area (Å²) in [5.74, 6) is -0.126. The highest BCUT2D eigenvalue weighted by atomic mass is 79.9. The first kappa shape index (κ1) is 17.2. The summed E-state index contributed by atoms with van der Waals surface area (Å²) in [6.07, 6.45) is 0. The fourth-order valence-electron chi connectivity index (χ4n) is 2.24. The number of halogens is 2. The number of aromatic nitrogens is 4. The molecular weight excluding hydrogens is 389 g/mol. The van der Waals surface area contributed by atoms with Crippen molar-refractivity contribution in [3.63, 3.8) is 0 Å². The quantitative estimate of drug-likeness (QED) is 0.656. The van der Waals surface area contributed by atoms with Crippen LogP contribution < -0.4 is 0 Å². The lowest BCUT2D eigenvalue weighted by Gasteiger charge is -2.17. The highest BCUT2D eigenvalue weighted by Gasteiger charge is 2.14. The van der Waals surface area contributed by atoms with Gasteiger partial charge in [0, 0.05) is 29.2 Å². The van der Waals surface area contributed by atoms with Crippen molar-refractivity contribution in [1.82, 2.24) is 25.1 Å². The van der Waals surface area contributed by atoms with Crippen LogP contribution in [0.1, 0.15) is 5.56 Å². The highest BCUT2D eigenvalue weighted by Crippen LogP contribution is 2.17. The van der Waals surface area contributed by atoms with Crippen molar-refractivity contribution in [2.45, 2.75) is 13.1 Å². The standard InChI is InChI=1S/C17H15BrFN5O/c1-23(10-13-4-2-3-5-15(13)19)16(25)11-24-21-17(20-22-24)12-6-8-14(18)9-7-12/h2-9H,10-11H2,1H3. The Morgan fingerprint density at radius 1 is 1.20 bits per heavy atom. The first-order chi connectivity index (χ1) is 12.0. The number of carbonyl (C=O) groups excluding carboxylic acids is 1. The number of amides is 1. The molecule has 0 atom stereocenters. The number of hydrogen-bond acceptors (Lipinski definition) is 4. The molecule has 0 saturated carbocycles. The molecule has 1 amide bonds. The van der Waals surface area contributed by atoms with Crippen LogP contribution in [0.4, 0.5) is 4.39 Å². The smallest absolute Gasteiger partial charge is 0.246 e. The van der Waals surface area contributed by atoms with Gasteiger partial charge in [0.05, 0.1) is 0 Å². The van der Waals surface area contributed by atoms with Gasteiger partial charge in [0.1, 0.15) is 12.4 Å². The average molecular weight is 404 g/mol. The summed E-state index contributed by atoms with van der Waals surface area (Å²) in [5.41, 5.74) is 1.27. The predicted molar refractivity (Wildman–Crippen MR) is 93.8 cm³/mol. The number of carbonyl (C=O) groups is 1. The van der Waals surface area contributed by atoms with E-state index in [1.165, 1.54) is 15.8 Å². The van der Waals surface area contributed by atoms with E-state index >= 15 is 0 Å². The molecule has 1 aromatic heterocycles. The molecule has 0 aliphatic rings. The minimum Gasteiger partial charge on any atom is -0.340 e. The van der Waals surface area contributed by atoms with Gasteiger partial charge in [0.2, 0.25) is 11.7 Å². The second-order valence-corrected chi connectivity index (χ2v) is 6.41. The van der Waals surface area contributed by atoms with Crippen LogP contribution in [0.25, 0.3) is 11.4 Å². The molecule has 0 radical (unpaired) electrons. The molecule has 0 aliphatic carbocycles. The Hall–Kier alpha value is -2.61. The van der Waals surface area contributed by atoms with Crippen LogP contribution in [0.2, 0.25) is 0 Å². The zero-order valence-corrected chi connectivity index (χ0v) is 15.0. The first-order valence-corrected chi connectivity index (χ1v) is 8.33. The number of likely N-dealkylation sites (N-methyl/N-ethyl adjacent to an activating group) is 1. The molecule has 2 aromatic carbocycles. The summed E-state index contributed by atoms with van der Waals surface area (Å²) >= 11 is 3.37. The third kappa shape index (κ3) is 4.27. The molecule has 1 heterocycles. The third-order valence-electron chi connectivity index (χ3n) is 3.62. The zero-order chi connectivity index (χ0) is 17.8. The Bertz CT molecular complexity index is 881. The van der Waals surface area contributed by atoms with Gasteiger partial charge in [-0.1, -0.05) is 34.1 Å². The van der Waals surface area contributed by atoms with Crippen LogP contribution in [0.5, 0.6) is 0 Å². The van der Waals surface area contributed by atoms with E-state index in [-0.39, 0.29) is 24.8 Å². The van der Waals surface area contributed by atoms with Crippen LogP contribution in [0.3, 0.4) is 0 Å². The second kappa shape index (κ2) is 7.52. The van der Waals surface area contributed by atoms with E-state index in [0.29, 0.717) is 11.4 Å². The Kier molecular flexibility index (Phi) is 5.18. The fourth-order valence-corrected chi connectivity index (χ4v) is 2.50. The van der Waals surface area contributed by atoms with Crippen LogP contribution in [0, 0.1) is 5.82 Å². The number of tetrazole rings is 1. The van der Waals surface area contributed by atoms with Crippen LogP contribution in [-0.2, 0) is 17.9 Å². The van der Waals surface area contributed by atoms with E-state index < -0.39 is 0 Å². The topological polar surface area (TPSA) is 63.9 Å². The number of benzene rings is 2. The molecule has 0 bridgehead atoms. The van der Waals surface area contributed by atoms with Gasteiger partial charge in [-0.05, 0) is 35.5 Å². The number of rotatable bonds is 5. The molecule has 128 valence electrons. The third-order valence-corrected chi connectivity index (χ3v) is 4.15. The Balaban J connectivity index is 1.65. The molecule has 0 spiro atoms. The van der Waals surface area contributed by atoms with Crippen molar-refractivity contribution in [2.75, 3.05) is 7.05 Å².